The van der Waals surface area contributed by atoms with Crippen LogP contribution in [0.3, 0.4) is 0 Å². The van der Waals surface area contributed by atoms with E-state index in [-0.39, 0.29) is 29.3 Å². The molecule has 0 aliphatic carbocycles. The largest absolute Gasteiger partial charge is 0.505 e. The molecule has 1 aromatic rings. The molecule has 0 saturated heterocycles. The molecule has 1 aliphatic heterocycles. The van der Waals surface area contributed by atoms with Crippen molar-refractivity contribution in [2.75, 3.05) is 20.6 Å². The summed E-state index contributed by atoms with van der Waals surface area (Å²) in [4.78, 5) is -0.0950. The molecule has 1 aliphatic rings. The maximum absolute atomic E-state index is 12.6. The first-order chi connectivity index (χ1) is 15.5. The number of nitrogens with one attached hydrogen (secondary N) is 2. The number of allylic oxidation sites excluding steroid dienone is 2. The second kappa shape index (κ2) is 11.6. The van der Waals surface area contributed by atoms with Crippen molar-refractivity contribution in [2.24, 2.45) is 8.80 Å². The van der Waals surface area contributed by atoms with Crippen LogP contribution in [0.5, 0.6) is 0 Å². The SMILES string of the molecule is CC/C=C(NCC1=NS(=O)N=C1NCc1cc(C(C)C)co1)\C(O)=C(/CC)S(=O)(=O)N(C)C. The first-order valence-corrected chi connectivity index (χ1v) is 13.2. The third-order valence-electron chi connectivity index (χ3n) is 4.89. The summed E-state index contributed by atoms with van der Waals surface area (Å²) in [7, 11) is -0.972. The summed E-state index contributed by atoms with van der Waals surface area (Å²) in [6, 6.07) is 1.95. The molecule has 2 rings (SSSR count). The summed E-state index contributed by atoms with van der Waals surface area (Å²) in [5.74, 6) is 1.05. The lowest BCUT2D eigenvalue weighted by atomic mass is 10.1. The summed E-state index contributed by atoms with van der Waals surface area (Å²) >= 11 is -1.76. The average molecular weight is 500 g/mol. The van der Waals surface area contributed by atoms with Crippen LogP contribution in [0, 0.1) is 0 Å². The lowest BCUT2D eigenvalue weighted by Crippen LogP contribution is -2.36. The molecule has 10 nitrogen and oxygen atoms in total. The fraction of sp³-hybridized carbons (Fsp3) is 0.524. The molecule has 1 aromatic heterocycles. The Morgan fingerprint density at radius 2 is 1.97 bits per heavy atom. The lowest BCUT2D eigenvalue weighted by molar-refractivity contribution is 0.407. The zero-order valence-electron chi connectivity index (χ0n) is 19.9. The van der Waals surface area contributed by atoms with E-state index in [0.717, 1.165) is 9.87 Å². The summed E-state index contributed by atoms with van der Waals surface area (Å²) in [6.45, 7) is 8.09. The Kier molecular flexibility index (Phi) is 9.44. The zero-order valence-corrected chi connectivity index (χ0v) is 21.5. The van der Waals surface area contributed by atoms with Crippen molar-refractivity contribution < 1.29 is 22.2 Å². The first kappa shape index (κ1) is 26.8. The van der Waals surface area contributed by atoms with Gasteiger partial charge in [0, 0.05) is 14.1 Å². The van der Waals surface area contributed by atoms with Crippen molar-refractivity contribution in [3.05, 3.63) is 46.1 Å². The highest BCUT2D eigenvalue weighted by molar-refractivity contribution is 7.93. The second-order valence-electron chi connectivity index (χ2n) is 7.86. The molecule has 2 heterocycles. The Morgan fingerprint density at radius 3 is 2.52 bits per heavy atom. The van der Waals surface area contributed by atoms with Gasteiger partial charge in [0.2, 0.25) is 10.0 Å². The number of amidine groups is 1. The van der Waals surface area contributed by atoms with E-state index < -0.39 is 21.2 Å². The third-order valence-corrected chi connectivity index (χ3v) is 7.67. The predicted octanol–water partition coefficient (Wildman–Crippen LogP) is 2.88. The summed E-state index contributed by atoms with van der Waals surface area (Å²) in [5.41, 5.74) is 1.73. The minimum atomic E-state index is -3.80. The van der Waals surface area contributed by atoms with Gasteiger partial charge in [0.1, 0.15) is 16.4 Å². The van der Waals surface area contributed by atoms with Crippen LogP contribution < -0.4 is 10.6 Å². The molecule has 12 heteroatoms. The highest BCUT2D eigenvalue weighted by Gasteiger charge is 2.26. The number of sulfonamides is 1. The highest BCUT2D eigenvalue weighted by Crippen LogP contribution is 2.22. The summed E-state index contributed by atoms with van der Waals surface area (Å²) in [6.07, 6.45) is 4.07. The average Bonchev–Trinajstić information content (AvgIpc) is 3.36. The van der Waals surface area contributed by atoms with E-state index in [2.05, 4.69) is 33.3 Å². The van der Waals surface area contributed by atoms with Crippen LogP contribution >= 0.6 is 0 Å². The normalized spacial score (nSPS) is 17.8. The molecule has 1 atom stereocenters. The Labute approximate surface area is 198 Å². The van der Waals surface area contributed by atoms with E-state index in [4.69, 9.17) is 4.42 Å². The zero-order chi connectivity index (χ0) is 24.8. The second-order valence-corrected chi connectivity index (χ2v) is 10.9. The molecular formula is C21H33N5O5S2. The lowest BCUT2D eigenvalue weighted by Gasteiger charge is -2.18. The van der Waals surface area contributed by atoms with Gasteiger partial charge >= 0.3 is 0 Å². The van der Waals surface area contributed by atoms with E-state index in [1.54, 1.807) is 19.3 Å². The topological polar surface area (TPSA) is 137 Å². The van der Waals surface area contributed by atoms with Gasteiger partial charge in [-0.1, -0.05) is 33.8 Å². The Hall–Kier alpha value is -2.44. The van der Waals surface area contributed by atoms with Gasteiger partial charge < -0.3 is 20.2 Å². The van der Waals surface area contributed by atoms with Crippen LogP contribution in [0.15, 0.2) is 48.0 Å². The molecule has 33 heavy (non-hydrogen) atoms. The van der Waals surface area contributed by atoms with E-state index in [1.807, 2.05) is 13.0 Å². The molecule has 3 N–H and O–H groups in total. The number of hydrogen-bond acceptors (Lipinski definition) is 7. The van der Waals surface area contributed by atoms with Crippen LogP contribution in [-0.4, -0.2) is 54.2 Å². The van der Waals surface area contributed by atoms with Crippen LogP contribution in [0.1, 0.15) is 57.8 Å². The number of furan rings is 1. The van der Waals surface area contributed by atoms with Crippen molar-refractivity contribution in [3.63, 3.8) is 0 Å². The standard InChI is InChI=1S/C21H33N5O5S2/c1-7-9-17(20(27)19(8-2)33(29,30)26(5)6)22-12-18-21(25-32(28)24-18)23-11-16-10-15(13-31-16)14(3)4/h9-10,13-14,22,27H,7-8,11-12H2,1-6H3,(H,23,25)/b17-9+,20-19-. The first-order valence-electron chi connectivity index (χ1n) is 10.7. The number of aliphatic hydroxyl groups is 1. The Morgan fingerprint density at radius 1 is 1.27 bits per heavy atom. The van der Waals surface area contributed by atoms with Crippen LogP contribution in [0.4, 0.5) is 0 Å². The third kappa shape index (κ3) is 6.78. The molecule has 1 unspecified atom stereocenters. The van der Waals surface area contributed by atoms with Crippen molar-refractivity contribution in [3.8, 4) is 0 Å². The Balaban J connectivity index is 2.16. The number of aliphatic hydroxyl groups excluding tert-OH is 1. The quantitative estimate of drug-likeness (QED) is 0.314. The van der Waals surface area contributed by atoms with Crippen molar-refractivity contribution in [1.82, 2.24) is 14.9 Å². The maximum Gasteiger partial charge on any atom is 0.268 e. The van der Waals surface area contributed by atoms with E-state index in [1.165, 1.54) is 14.1 Å². The van der Waals surface area contributed by atoms with E-state index in [0.29, 0.717) is 36.2 Å². The van der Waals surface area contributed by atoms with Crippen LogP contribution in [0.25, 0.3) is 0 Å². The predicted molar refractivity (Wildman–Crippen MR) is 132 cm³/mol. The fourth-order valence-electron chi connectivity index (χ4n) is 2.98. The van der Waals surface area contributed by atoms with E-state index in [9.17, 15) is 17.7 Å². The van der Waals surface area contributed by atoms with Gasteiger partial charge in [-0.25, -0.2) is 16.9 Å². The van der Waals surface area contributed by atoms with Gasteiger partial charge in [-0.2, -0.15) is 4.40 Å². The number of hydrogen-bond donors (Lipinski definition) is 3. The molecule has 0 aromatic carbocycles. The molecule has 184 valence electrons. The number of nitrogens with zero attached hydrogens (tertiary/aromatic N) is 3. The minimum Gasteiger partial charge on any atom is -0.505 e. The fourth-order valence-corrected chi connectivity index (χ4v) is 4.85. The summed E-state index contributed by atoms with van der Waals surface area (Å²) in [5, 5.41) is 16.9. The molecule has 0 saturated carbocycles. The molecule has 0 radical (unpaired) electrons. The van der Waals surface area contributed by atoms with Gasteiger partial charge in [-0.15, -0.1) is 4.40 Å². The van der Waals surface area contributed by atoms with Crippen molar-refractivity contribution >= 4 is 32.7 Å². The van der Waals surface area contributed by atoms with Crippen molar-refractivity contribution in [1.29, 1.82) is 0 Å². The van der Waals surface area contributed by atoms with Crippen molar-refractivity contribution in [2.45, 2.75) is 53.0 Å². The van der Waals surface area contributed by atoms with Gasteiger partial charge in [0.05, 0.1) is 25.0 Å². The van der Waals surface area contributed by atoms with Gasteiger partial charge in [-0.3, -0.25) is 0 Å². The van der Waals surface area contributed by atoms with Gasteiger partial charge in [-0.05, 0) is 30.4 Å². The molecule has 0 bridgehead atoms. The monoisotopic (exact) mass is 499 g/mol. The van der Waals surface area contributed by atoms with E-state index >= 15 is 0 Å². The van der Waals surface area contributed by atoms with Crippen LogP contribution in [0.2, 0.25) is 0 Å². The van der Waals surface area contributed by atoms with Crippen LogP contribution in [-0.2, 0) is 27.7 Å². The number of rotatable bonds is 11. The minimum absolute atomic E-state index is 0.0852. The molecule has 0 fully saturated rings. The molecule has 0 spiro atoms. The van der Waals surface area contributed by atoms with Gasteiger partial charge in [0.15, 0.2) is 11.6 Å². The summed E-state index contributed by atoms with van der Waals surface area (Å²) < 4.78 is 51.7. The smallest absolute Gasteiger partial charge is 0.268 e. The van der Waals surface area contributed by atoms with Gasteiger partial charge in [0.25, 0.3) is 11.2 Å². The Bertz CT molecular complexity index is 1100. The molecule has 0 amide bonds. The highest BCUT2D eigenvalue weighted by atomic mass is 32.2. The maximum atomic E-state index is 12.6. The molecular weight excluding hydrogens is 466 g/mol.